The van der Waals surface area contributed by atoms with Crippen LogP contribution in [0.5, 0.6) is 11.5 Å². The van der Waals surface area contributed by atoms with Gasteiger partial charge in [-0.1, -0.05) is 84.9 Å². The van der Waals surface area contributed by atoms with Gasteiger partial charge in [-0.05, 0) is 85.3 Å². The topological polar surface area (TPSA) is 242 Å². The first-order valence-corrected chi connectivity index (χ1v) is 22.2. The number of hydrogen-bond acceptors (Lipinski definition) is 13. The van der Waals surface area contributed by atoms with Crippen molar-refractivity contribution in [1.82, 2.24) is 25.8 Å². The predicted molar refractivity (Wildman–Crippen MR) is 256 cm³/mol. The van der Waals surface area contributed by atoms with Crippen molar-refractivity contribution in [2.45, 2.75) is 50.9 Å². The Kier molecular flexibility index (Phi) is 29.8. The first-order chi connectivity index (χ1) is 32.4. The molecule has 0 radical (unpaired) electrons. The molecule has 1 unspecified atom stereocenters. The zero-order chi connectivity index (χ0) is 49.1. The molecule has 4 aromatic carbocycles. The van der Waals surface area contributed by atoms with E-state index >= 15 is 0 Å². The number of carboxylic acid groups (broad SMARTS) is 1. The normalized spacial score (nSPS) is 11.0. The molecule has 17 heteroatoms. The minimum atomic E-state index is -0.785. The zero-order valence-electron chi connectivity index (χ0n) is 39.0. The number of rotatable bonds is 29. The molecule has 0 saturated heterocycles. The van der Waals surface area contributed by atoms with Crippen LogP contribution in [0.25, 0.3) is 0 Å². The van der Waals surface area contributed by atoms with Crippen molar-refractivity contribution in [3.8, 4) is 11.5 Å². The maximum absolute atomic E-state index is 12.7. The molecular formula is C50H70N6O11. The number of phenolic OH excluding ortho intramolecular Hbond substituents is 2. The summed E-state index contributed by atoms with van der Waals surface area (Å²) in [7, 11) is 4.53. The lowest BCUT2D eigenvalue weighted by Gasteiger charge is -2.26. The molecule has 4 aromatic rings. The number of carbonyl (C=O) groups is 5. The van der Waals surface area contributed by atoms with E-state index in [1.54, 1.807) is 48.3 Å². The zero-order valence-corrected chi connectivity index (χ0v) is 39.0. The molecule has 8 N–H and O–H groups in total. The van der Waals surface area contributed by atoms with Gasteiger partial charge in [0.25, 0.3) is 0 Å². The van der Waals surface area contributed by atoms with Gasteiger partial charge in [0.1, 0.15) is 17.6 Å². The second-order valence-corrected chi connectivity index (χ2v) is 15.2. The van der Waals surface area contributed by atoms with Crippen LogP contribution in [0.4, 0.5) is 0 Å². The van der Waals surface area contributed by atoms with Crippen molar-refractivity contribution in [2.75, 3.05) is 86.8 Å². The average molecular weight is 931 g/mol. The third-order valence-corrected chi connectivity index (χ3v) is 10.2. The smallest absolute Gasteiger partial charge is 0.304 e. The van der Waals surface area contributed by atoms with Crippen LogP contribution >= 0.6 is 0 Å². The first kappa shape index (κ1) is 56.9. The van der Waals surface area contributed by atoms with Gasteiger partial charge < -0.3 is 65.8 Å². The molecule has 0 spiro atoms. The Bertz CT molecular complexity index is 1960. The highest BCUT2D eigenvalue weighted by molar-refractivity contribution is 5.85. The first-order valence-electron chi connectivity index (χ1n) is 22.2. The molecule has 17 nitrogen and oxygen atoms in total. The minimum Gasteiger partial charge on any atom is -0.508 e. The van der Waals surface area contributed by atoms with Crippen LogP contribution in [-0.2, 0) is 63.9 Å². The van der Waals surface area contributed by atoms with Crippen molar-refractivity contribution < 1.29 is 53.5 Å². The summed E-state index contributed by atoms with van der Waals surface area (Å²) >= 11 is 0. The van der Waals surface area contributed by atoms with Gasteiger partial charge in [0.15, 0.2) is 12.6 Å². The number of nitrogens with zero attached hydrogens (tertiary/aromatic N) is 2. The van der Waals surface area contributed by atoms with E-state index in [1.807, 2.05) is 84.9 Å². The van der Waals surface area contributed by atoms with E-state index < -0.39 is 18.4 Å². The number of nitrogens with two attached hydrogens (primary N) is 1. The van der Waals surface area contributed by atoms with Gasteiger partial charge >= 0.3 is 5.97 Å². The summed E-state index contributed by atoms with van der Waals surface area (Å²) < 4.78 is 15.3. The molecular weight excluding hydrogens is 861 g/mol. The highest BCUT2D eigenvalue weighted by Crippen LogP contribution is 2.11. The van der Waals surface area contributed by atoms with Crippen molar-refractivity contribution in [2.24, 2.45) is 5.73 Å². The summed E-state index contributed by atoms with van der Waals surface area (Å²) in [6, 6.07) is 33.8. The molecule has 0 aromatic heterocycles. The SMILES string of the molecule is COC(C=O)CN(CCc1ccccc1)C(=O)CNC(=O)CCNCCc1ccc(O)cc1.COC(CN(CCc1ccccc1)C(=O)CN)OC.O=C(O)CCNCCc1ccc(O)cc1. The molecule has 0 aliphatic rings. The van der Waals surface area contributed by atoms with Crippen LogP contribution in [0.2, 0.25) is 0 Å². The number of nitrogens with one attached hydrogen (secondary N) is 3. The number of benzene rings is 4. The van der Waals surface area contributed by atoms with Crippen molar-refractivity contribution in [1.29, 1.82) is 0 Å². The molecule has 1 atom stereocenters. The number of methoxy groups -OCH3 is 3. The Balaban J connectivity index is 0.000000382. The Morgan fingerprint density at radius 2 is 1.04 bits per heavy atom. The number of ether oxygens (including phenoxy) is 3. The Labute approximate surface area is 394 Å². The summed E-state index contributed by atoms with van der Waals surface area (Å²) in [6.45, 7) is 3.85. The maximum atomic E-state index is 12.7. The molecule has 4 rings (SSSR count). The third-order valence-electron chi connectivity index (χ3n) is 10.2. The monoisotopic (exact) mass is 931 g/mol. The van der Waals surface area contributed by atoms with Crippen LogP contribution < -0.4 is 21.7 Å². The van der Waals surface area contributed by atoms with Gasteiger partial charge in [0.2, 0.25) is 17.7 Å². The van der Waals surface area contributed by atoms with Crippen LogP contribution in [-0.4, -0.2) is 154 Å². The lowest BCUT2D eigenvalue weighted by Crippen LogP contribution is -2.45. The van der Waals surface area contributed by atoms with Gasteiger partial charge in [-0.25, -0.2) is 0 Å². The van der Waals surface area contributed by atoms with Gasteiger partial charge in [-0.2, -0.15) is 0 Å². The minimum absolute atomic E-state index is 0.00502. The summed E-state index contributed by atoms with van der Waals surface area (Å²) in [5.74, 6) is -0.870. The second kappa shape index (κ2) is 35.0. The number of hydrogen-bond donors (Lipinski definition) is 7. The van der Waals surface area contributed by atoms with Crippen molar-refractivity contribution >= 4 is 30.0 Å². The number of aliphatic carboxylic acids is 1. The number of carboxylic acids is 1. The van der Waals surface area contributed by atoms with E-state index in [1.165, 1.54) is 12.7 Å². The third kappa shape index (κ3) is 26.5. The molecule has 0 heterocycles. The molecule has 0 aliphatic heterocycles. The molecule has 366 valence electrons. The van der Waals surface area contributed by atoms with Crippen LogP contribution in [0.15, 0.2) is 109 Å². The van der Waals surface area contributed by atoms with E-state index in [0.717, 1.165) is 42.5 Å². The highest BCUT2D eigenvalue weighted by atomic mass is 16.7. The summed E-state index contributed by atoms with van der Waals surface area (Å²) in [4.78, 5) is 61.2. The Morgan fingerprint density at radius 3 is 1.46 bits per heavy atom. The van der Waals surface area contributed by atoms with Gasteiger partial charge in [-0.15, -0.1) is 0 Å². The molecule has 3 amide bonds. The summed E-state index contributed by atoms with van der Waals surface area (Å²) in [6.07, 6.45) is 2.98. The fourth-order valence-corrected chi connectivity index (χ4v) is 6.21. The fourth-order valence-electron chi connectivity index (χ4n) is 6.21. The highest BCUT2D eigenvalue weighted by Gasteiger charge is 2.20. The number of phenols is 2. The molecule has 0 aliphatic carbocycles. The average Bonchev–Trinajstić information content (AvgIpc) is 3.35. The van der Waals surface area contributed by atoms with Gasteiger partial charge in [0.05, 0.1) is 32.6 Å². The van der Waals surface area contributed by atoms with Crippen LogP contribution in [0.1, 0.15) is 35.1 Å². The summed E-state index contributed by atoms with van der Waals surface area (Å²) in [5.41, 5.74) is 9.91. The number of amides is 3. The van der Waals surface area contributed by atoms with Crippen LogP contribution in [0, 0.1) is 0 Å². The Hall–Kier alpha value is -6.21. The van der Waals surface area contributed by atoms with E-state index in [2.05, 4.69) is 16.0 Å². The summed E-state index contributed by atoms with van der Waals surface area (Å²) in [5, 5.41) is 35.6. The lowest BCUT2D eigenvalue weighted by molar-refractivity contribution is -0.144. The standard InChI is InChI=1S/C25H33N3O5.C14H22N2O3.C11H15NO3/c1-33-23(19-29)18-28(16-13-20-5-3-2-4-6-20)25(32)17-27-24(31)12-15-26-14-11-21-7-9-22(30)10-8-21;1-18-14(19-2)11-16(13(17)10-15)9-8-12-6-4-3-5-7-12;13-10-3-1-9(2-4-10)5-7-12-8-6-11(14)15/h2-10,19,23,26,30H,11-18H2,1H3,(H,27,31);3-7,14H,8-11,15H2,1-2H3;1-4,12-13H,5-8H2,(H,14,15). The largest absolute Gasteiger partial charge is 0.508 e. The number of aromatic hydroxyl groups is 2. The molecule has 0 bridgehead atoms. The van der Waals surface area contributed by atoms with Crippen LogP contribution in [0.3, 0.4) is 0 Å². The van der Waals surface area contributed by atoms with E-state index in [9.17, 15) is 29.1 Å². The molecule has 0 saturated carbocycles. The predicted octanol–water partition coefficient (Wildman–Crippen LogP) is 2.95. The lowest BCUT2D eigenvalue weighted by atomic mass is 10.1. The van der Waals surface area contributed by atoms with Crippen molar-refractivity contribution in [3.05, 3.63) is 131 Å². The number of aldehydes is 1. The van der Waals surface area contributed by atoms with E-state index in [-0.39, 0.29) is 61.7 Å². The molecule has 0 fully saturated rings. The van der Waals surface area contributed by atoms with E-state index in [0.29, 0.717) is 52.0 Å². The molecule has 67 heavy (non-hydrogen) atoms. The van der Waals surface area contributed by atoms with Crippen molar-refractivity contribution in [3.63, 3.8) is 0 Å². The quantitative estimate of drug-likeness (QED) is 0.0236. The second-order valence-electron chi connectivity index (χ2n) is 15.2. The maximum Gasteiger partial charge on any atom is 0.304 e. The fraction of sp³-hybridized carbons (Fsp3) is 0.420. The van der Waals surface area contributed by atoms with E-state index in [4.69, 9.17) is 30.2 Å². The number of carbonyl (C=O) groups excluding carboxylic acids is 4. The van der Waals surface area contributed by atoms with Gasteiger partial charge in [-0.3, -0.25) is 19.2 Å². The Morgan fingerprint density at radius 1 is 0.597 bits per heavy atom. The van der Waals surface area contributed by atoms with Gasteiger partial charge in [0, 0.05) is 53.9 Å².